The summed E-state index contributed by atoms with van der Waals surface area (Å²) < 4.78 is 7.33. The summed E-state index contributed by atoms with van der Waals surface area (Å²) in [7, 11) is 0. The van der Waals surface area contributed by atoms with Crippen LogP contribution >= 0.6 is 0 Å². The molecule has 3 aromatic heterocycles. The summed E-state index contributed by atoms with van der Waals surface area (Å²) in [5, 5.41) is 5.96. The van der Waals surface area contributed by atoms with Crippen LogP contribution in [0.2, 0.25) is 0 Å². The van der Waals surface area contributed by atoms with Gasteiger partial charge in [0.05, 0.1) is 18.2 Å². The lowest BCUT2D eigenvalue weighted by molar-refractivity contribution is -0.121. The lowest BCUT2D eigenvalue weighted by atomic mass is 10.1. The predicted molar refractivity (Wildman–Crippen MR) is 183 cm³/mol. The molecule has 4 aromatic rings. The van der Waals surface area contributed by atoms with Gasteiger partial charge in [-0.3, -0.25) is 19.1 Å². The standard InChI is InChI=1S/C26H29N7O3.C4H8.C3H6.C2H6/c1-18-6-7-23(36-16-22-14-27-17-32-22)20(11-18)13-30-24(34)15-33-19(2)12-31-25(26(33)35)29-10-8-21-5-3-4-9-28-21;1-3-4-2;1-3-2;1-2/h3-7,9,11-12,14,17H,8,10,13,15-16H2,1-2H3,(H,27,32)(H,29,31)(H,30,34);3-4H,1-2H3;3H,1H2,2H3;1-2H3/b;4-3+;;. The summed E-state index contributed by atoms with van der Waals surface area (Å²) in [5.74, 6) is 0.594. The Kier molecular flexibility index (Phi) is 19.0. The Balaban J connectivity index is 0.00000101. The molecule has 0 radical (unpaired) electrons. The number of pyridine rings is 1. The van der Waals surface area contributed by atoms with Crippen LogP contribution in [0.15, 0.2) is 90.9 Å². The van der Waals surface area contributed by atoms with E-state index in [0.717, 1.165) is 22.5 Å². The fourth-order valence-corrected chi connectivity index (χ4v) is 3.64. The highest BCUT2D eigenvalue weighted by Gasteiger charge is 2.13. The zero-order chi connectivity index (χ0) is 33.5. The van der Waals surface area contributed by atoms with Gasteiger partial charge in [0.25, 0.3) is 5.56 Å². The van der Waals surface area contributed by atoms with E-state index in [9.17, 15) is 9.59 Å². The number of amides is 1. The summed E-state index contributed by atoms with van der Waals surface area (Å²) in [5.41, 5.74) is 3.92. The third kappa shape index (κ3) is 14.4. The molecule has 3 heterocycles. The number of hydrogen-bond acceptors (Lipinski definition) is 7. The summed E-state index contributed by atoms with van der Waals surface area (Å²) in [6, 6.07) is 11.5. The number of aromatic nitrogens is 5. The molecule has 4 rings (SSSR count). The molecule has 1 amide bonds. The van der Waals surface area contributed by atoms with E-state index in [1.54, 1.807) is 37.9 Å². The van der Waals surface area contributed by atoms with Gasteiger partial charge in [-0.05, 0) is 52.8 Å². The molecule has 0 aliphatic heterocycles. The van der Waals surface area contributed by atoms with Crippen LogP contribution in [0.4, 0.5) is 5.82 Å². The number of ether oxygens (including phenoxy) is 1. The van der Waals surface area contributed by atoms with Crippen LogP contribution in [-0.2, 0) is 30.9 Å². The van der Waals surface area contributed by atoms with Crippen LogP contribution in [0, 0.1) is 13.8 Å². The topological polar surface area (TPSA) is 127 Å². The number of allylic oxidation sites excluding steroid dienone is 3. The third-order valence-corrected chi connectivity index (χ3v) is 5.92. The first kappa shape index (κ1) is 38.0. The molecular formula is C35H49N7O3. The zero-order valence-electron chi connectivity index (χ0n) is 27.8. The van der Waals surface area contributed by atoms with Gasteiger partial charge in [0.2, 0.25) is 5.91 Å². The number of nitrogens with zero attached hydrogens (tertiary/aromatic N) is 4. The summed E-state index contributed by atoms with van der Waals surface area (Å²) >= 11 is 0. The van der Waals surface area contributed by atoms with Crippen LogP contribution in [-0.4, -0.2) is 37.0 Å². The minimum Gasteiger partial charge on any atom is -0.487 e. The highest BCUT2D eigenvalue weighted by Crippen LogP contribution is 2.21. The van der Waals surface area contributed by atoms with Crippen molar-refractivity contribution in [3.05, 3.63) is 125 Å². The average molecular weight is 616 g/mol. The first-order valence-electron chi connectivity index (χ1n) is 15.1. The smallest absolute Gasteiger partial charge is 0.293 e. The summed E-state index contributed by atoms with van der Waals surface area (Å²) in [4.78, 5) is 41.2. The van der Waals surface area contributed by atoms with Crippen molar-refractivity contribution < 1.29 is 9.53 Å². The van der Waals surface area contributed by atoms with Crippen molar-refractivity contribution in [2.24, 2.45) is 0 Å². The predicted octanol–water partition coefficient (Wildman–Crippen LogP) is 6.33. The molecule has 10 nitrogen and oxygen atoms in total. The number of aryl methyl sites for hydroxylation is 2. The van der Waals surface area contributed by atoms with Gasteiger partial charge in [0.1, 0.15) is 18.9 Å². The SMILES string of the molecule is C/C=C/C.C=CC.CC.Cc1ccc(OCc2cnc[nH]2)c(CNC(=O)Cn2c(C)cnc(NCCc3ccccn3)c2=O)c1. The number of carbonyl (C=O) groups excluding carboxylic acids is 1. The number of aromatic amines is 1. The number of anilines is 1. The number of rotatable bonds is 11. The van der Waals surface area contributed by atoms with Gasteiger partial charge in [-0.1, -0.05) is 55.8 Å². The number of H-pyrrole nitrogens is 1. The molecule has 0 saturated heterocycles. The fraction of sp³-hybridized carbons (Fsp3) is 0.343. The largest absolute Gasteiger partial charge is 0.487 e. The van der Waals surface area contributed by atoms with Crippen molar-refractivity contribution in [1.29, 1.82) is 0 Å². The van der Waals surface area contributed by atoms with E-state index in [0.29, 0.717) is 31.0 Å². The van der Waals surface area contributed by atoms with Gasteiger partial charge in [-0.25, -0.2) is 9.97 Å². The number of nitrogens with one attached hydrogen (secondary N) is 3. The van der Waals surface area contributed by atoms with Crippen molar-refractivity contribution in [1.82, 2.24) is 29.8 Å². The van der Waals surface area contributed by atoms with E-state index in [-0.39, 0.29) is 30.4 Å². The Hall–Kier alpha value is -4.99. The van der Waals surface area contributed by atoms with Crippen LogP contribution in [0.25, 0.3) is 0 Å². The van der Waals surface area contributed by atoms with Crippen molar-refractivity contribution in [2.45, 2.75) is 74.6 Å². The van der Waals surface area contributed by atoms with Crippen LogP contribution in [0.1, 0.15) is 62.8 Å². The Labute approximate surface area is 267 Å². The molecule has 0 spiro atoms. The maximum absolute atomic E-state index is 13.0. The molecule has 242 valence electrons. The monoisotopic (exact) mass is 615 g/mol. The molecule has 0 fully saturated rings. The highest BCUT2D eigenvalue weighted by molar-refractivity contribution is 5.76. The fourth-order valence-electron chi connectivity index (χ4n) is 3.64. The van der Waals surface area contributed by atoms with Gasteiger partial charge in [-0.2, -0.15) is 0 Å². The maximum Gasteiger partial charge on any atom is 0.293 e. The van der Waals surface area contributed by atoms with E-state index in [1.807, 2.05) is 90.1 Å². The van der Waals surface area contributed by atoms with Gasteiger partial charge in [0.15, 0.2) is 5.82 Å². The van der Waals surface area contributed by atoms with E-state index in [2.05, 4.69) is 37.1 Å². The number of hydrogen-bond donors (Lipinski definition) is 3. The molecule has 10 heteroatoms. The van der Waals surface area contributed by atoms with Gasteiger partial charge in [-0.15, -0.1) is 6.58 Å². The van der Waals surface area contributed by atoms with E-state index >= 15 is 0 Å². The molecule has 0 unspecified atom stereocenters. The second kappa shape index (κ2) is 22.5. The molecule has 45 heavy (non-hydrogen) atoms. The summed E-state index contributed by atoms with van der Waals surface area (Å²) in [6.45, 7) is 18.0. The third-order valence-electron chi connectivity index (χ3n) is 5.92. The molecule has 0 atom stereocenters. The Morgan fingerprint density at radius 1 is 1.07 bits per heavy atom. The van der Waals surface area contributed by atoms with Crippen molar-refractivity contribution in [3.8, 4) is 5.75 Å². The molecule has 3 N–H and O–H groups in total. The molecular weight excluding hydrogens is 566 g/mol. The van der Waals surface area contributed by atoms with Crippen LogP contribution < -0.4 is 20.9 Å². The van der Waals surface area contributed by atoms with Crippen LogP contribution in [0.5, 0.6) is 5.75 Å². The van der Waals surface area contributed by atoms with Crippen LogP contribution in [0.3, 0.4) is 0 Å². The quantitative estimate of drug-likeness (QED) is 0.168. The lowest BCUT2D eigenvalue weighted by Crippen LogP contribution is -2.34. The van der Waals surface area contributed by atoms with E-state index < -0.39 is 0 Å². The van der Waals surface area contributed by atoms with Crippen molar-refractivity contribution >= 4 is 11.7 Å². The molecule has 0 aliphatic carbocycles. The van der Waals surface area contributed by atoms with Gasteiger partial charge < -0.3 is 20.4 Å². The first-order valence-corrected chi connectivity index (χ1v) is 15.1. The maximum atomic E-state index is 13.0. The highest BCUT2D eigenvalue weighted by atomic mass is 16.5. The number of benzene rings is 1. The van der Waals surface area contributed by atoms with E-state index in [1.165, 1.54) is 4.57 Å². The molecule has 1 aromatic carbocycles. The molecule has 0 bridgehead atoms. The Bertz CT molecular complexity index is 1480. The van der Waals surface area contributed by atoms with Crippen molar-refractivity contribution in [2.75, 3.05) is 11.9 Å². The Morgan fingerprint density at radius 2 is 1.80 bits per heavy atom. The zero-order valence-corrected chi connectivity index (χ0v) is 27.8. The average Bonchev–Trinajstić information content (AvgIpc) is 3.58. The van der Waals surface area contributed by atoms with E-state index in [4.69, 9.17) is 4.74 Å². The number of carbonyl (C=O) groups is 1. The van der Waals surface area contributed by atoms with Crippen molar-refractivity contribution in [3.63, 3.8) is 0 Å². The van der Waals surface area contributed by atoms with Gasteiger partial charge in [0, 0.05) is 48.9 Å². The Morgan fingerprint density at radius 3 is 2.42 bits per heavy atom. The number of imidazole rings is 1. The summed E-state index contributed by atoms with van der Waals surface area (Å²) in [6.07, 6.45) is 13.0. The molecule has 0 saturated carbocycles. The van der Waals surface area contributed by atoms with Gasteiger partial charge >= 0.3 is 0 Å². The first-order chi connectivity index (χ1) is 21.8. The molecule has 0 aliphatic rings. The second-order valence-corrected chi connectivity index (χ2v) is 9.47. The minimum absolute atomic E-state index is 0.113. The lowest BCUT2D eigenvalue weighted by Gasteiger charge is -2.14. The normalized spacial score (nSPS) is 9.84. The minimum atomic E-state index is -0.342. The second-order valence-electron chi connectivity index (χ2n) is 9.47.